The van der Waals surface area contributed by atoms with Crippen LogP contribution in [0.4, 0.5) is 5.69 Å². The highest BCUT2D eigenvalue weighted by Crippen LogP contribution is 2.14. The van der Waals surface area contributed by atoms with Gasteiger partial charge < -0.3 is 14.8 Å². The molecule has 0 unspecified atom stereocenters. The van der Waals surface area contributed by atoms with Crippen molar-refractivity contribution in [1.82, 2.24) is 0 Å². The number of nitrogens with one attached hydrogen (secondary N) is 1. The Balaban J connectivity index is 1.78. The molecule has 0 bridgehead atoms. The second-order valence-corrected chi connectivity index (χ2v) is 6.89. The number of benzene rings is 2. The molecule has 1 N–H and O–H groups in total. The summed E-state index contributed by atoms with van der Waals surface area (Å²) in [5.41, 5.74) is 1.53. The molecule has 0 aliphatic rings. The zero-order valence-corrected chi connectivity index (χ0v) is 17.3. The Hall–Kier alpha value is -3.48. The molecule has 7 nitrogen and oxygen atoms in total. The number of carbonyl (C=O) groups is 4. The van der Waals surface area contributed by atoms with E-state index < -0.39 is 12.6 Å². The van der Waals surface area contributed by atoms with Crippen LogP contribution in [0.15, 0.2) is 48.5 Å². The third kappa shape index (κ3) is 6.84. The zero-order valence-electron chi connectivity index (χ0n) is 17.3. The molecule has 0 aliphatic carbocycles. The van der Waals surface area contributed by atoms with Gasteiger partial charge in [-0.15, -0.1) is 0 Å². The topological polar surface area (TPSA) is 98.8 Å². The van der Waals surface area contributed by atoms with Crippen molar-refractivity contribution in [3.8, 4) is 5.75 Å². The molecule has 158 valence electrons. The maximum Gasteiger partial charge on any atom is 0.344 e. The molecule has 2 rings (SSSR count). The average molecular weight is 411 g/mol. The first kappa shape index (κ1) is 22.8. The molecule has 7 heteroatoms. The van der Waals surface area contributed by atoms with Crippen LogP contribution in [0.1, 0.15) is 47.9 Å². The van der Waals surface area contributed by atoms with Crippen LogP contribution in [0.2, 0.25) is 0 Å². The number of ketones is 2. The Morgan fingerprint density at radius 3 is 1.97 bits per heavy atom. The molecular weight excluding hydrogens is 386 g/mol. The molecule has 0 aromatic heterocycles. The Labute approximate surface area is 175 Å². The van der Waals surface area contributed by atoms with Crippen molar-refractivity contribution in [2.24, 2.45) is 5.92 Å². The fourth-order valence-corrected chi connectivity index (χ4v) is 2.38. The van der Waals surface area contributed by atoms with Gasteiger partial charge in [0.15, 0.2) is 24.8 Å². The van der Waals surface area contributed by atoms with Crippen LogP contribution < -0.4 is 10.1 Å². The predicted molar refractivity (Wildman–Crippen MR) is 112 cm³/mol. The third-order valence-electron chi connectivity index (χ3n) is 4.22. The monoisotopic (exact) mass is 411 g/mol. The summed E-state index contributed by atoms with van der Waals surface area (Å²) < 4.78 is 10.3. The lowest BCUT2D eigenvalue weighted by Gasteiger charge is -2.09. The van der Waals surface area contributed by atoms with E-state index in [1.54, 1.807) is 69.3 Å². The molecule has 0 saturated carbocycles. The van der Waals surface area contributed by atoms with Gasteiger partial charge in [-0.1, -0.05) is 20.8 Å². The normalized spacial score (nSPS) is 10.4. The van der Waals surface area contributed by atoms with Crippen LogP contribution in [0.5, 0.6) is 5.75 Å². The molecule has 2 aromatic carbocycles. The summed E-state index contributed by atoms with van der Waals surface area (Å²) in [4.78, 5) is 47.2. The van der Waals surface area contributed by atoms with Gasteiger partial charge in [0.2, 0.25) is 5.91 Å². The summed E-state index contributed by atoms with van der Waals surface area (Å²) in [6.07, 6.45) is 0.413. The highest BCUT2D eigenvalue weighted by molar-refractivity contribution is 5.99. The van der Waals surface area contributed by atoms with Crippen LogP contribution in [0.3, 0.4) is 0 Å². The minimum absolute atomic E-state index is 0.0230. The van der Waals surface area contributed by atoms with E-state index in [-0.39, 0.29) is 30.0 Å². The van der Waals surface area contributed by atoms with E-state index in [9.17, 15) is 19.2 Å². The number of esters is 1. The highest BCUT2D eigenvalue weighted by Gasteiger charge is 2.12. The van der Waals surface area contributed by atoms with E-state index in [0.29, 0.717) is 29.0 Å². The smallest absolute Gasteiger partial charge is 0.344 e. The molecule has 0 saturated heterocycles. The van der Waals surface area contributed by atoms with Gasteiger partial charge in [0.25, 0.3) is 0 Å². The Bertz CT molecular complexity index is 900. The van der Waals surface area contributed by atoms with Crippen LogP contribution in [-0.2, 0) is 14.3 Å². The summed E-state index contributed by atoms with van der Waals surface area (Å²) in [7, 11) is 0. The molecule has 0 spiro atoms. The highest BCUT2D eigenvalue weighted by atomic mass is 16.6. The number of hydrogen-bond donors (Lipinski definition) is 1. The SMILES string of the molecule is CCC(=O)c1ccc(OCC(=O)OCC(=O)c2ccc(NC(=O)C(C)C)cc2)cc1. The van der Waals surface area contributed by atoms with Crippen molar-refractivity contribution in [2.45, 2.75) is 27.2 Å². The van der Waals surface area contributed by atoms with E-state index in [2.05, 4.69) is 5.32 Å². The number of hydrogen-bond acceptors (Lipinski definition) is 6. The molecular formula is C23H25NO6. The largest absolute Gasteiger partial charge is 0.482 e. The molecule has 0 aliphatic heterocycles. The van der Waals surface area contributed by atoms with Crippen molar-refractivity contribution in [2.75, 3.05) is 18.5 Å². The van der Waals surface area contributed by atoms with Crippen molar-refractivity contribution >= 4 is 29.1 Å². The molecule has 0 radical (unpaired) electrons. The first-order valence-electron chi connectivity index (χ1n) is 9.66. The summed E-state index contributed by atoms with van der Waals surface area (Å²) in [5.74, 6) is -0.871. The van der Waals surface area contributed by atoms with Gasteiger partial charge in [0.05, 0.1) is 0 Å². The van der Waals surface area contributed by atoms with Crippen molar-refractivity contribution in [3.63, 3.8) is 0 Å². The van der Waals surface area contributed by atoms with E-state index in [4.69, 9.17) is 9.47 Å². The summed E-state index contributed by atoms with van der Waals surface area (Å²) in [6, 6.07) is 12.8. The summed E-state index contributed by atoms with van der Waals surface area (Å²) in [6.45, 7) is 4.59. The zero-order chi connectivity index (χ0) is 22.1. The van der Waals surface area contributed by atoms with E-state index in [1.807, 2.05) is 0 Å². The first-order chi connectivity index (χ1) is 14.3. The second-order valence-electron chi connectivity index (χ2n) is 6.89. The molecule has 0 fully saturated rings. The first-order valence-corrected chi connectivity index (χ1v) is 9.66. The fraction of sp³-hybridized carbons (Fsp3) is 0.304. The number of Topliss-reactive ketones (excluding diaryl/α,β-unsaturated/α-hetero) is 2. The molecule has 1 amide bonds. The third-order valence-corrected chi connectivity index (χ3v) is 4.22. The predicted octanol–water partition coefficient (Wildman–Crippen LogP) is 3.68. The number of rotatable bonds is 10. The van der Waals surface area contributed by atoms with Crippen LogP contribution in [-0.4, -0.2) is 36.7 Å². The standard InChI is InChI=1S/C23H25NO6/c1-4-20(25)16-7-11-19(12-8-16)29-14-22(27)30-13-21(26)17-5-9-18(10-6-17)24-23(28)15(2)3/h5-12,15H,4,13-14H2,1-3H3,(H,24,28). The summed E-state index contributed by atoms with van der Waals surface area (Å²) in [5, 5.41) is 2.73. The summed E-state index contributed by atoms with van der Waals surface area (Å²) >= 11 is 0. The van der Waals surface area contributed by atoms with Crippen LogP contribution in [0.25, 0.3) is 0 Å². The van der Waals surface area contributed by atoms with E-state index in [1.165, 1.54) is 0 Å². The maximum absolute atomic E-state index is 12.2. The van der Waals surface area contributed by atoms with Crippen LogP contribution >= 0.6 is 0 Å². The molecule has 30 heavy (non-hydrogen) atoms. The minimum Gasteiger partial charge on any atom is -0.482 e. The molecule has 0 heterocycles. The Morgan fingerprint density at radius 2 is 1.40 bits per heavy atom. The average Bonchev–Trinajstić information content (AvgIpc) is 2.76. The number of ether oxygens (including phenoxy) is 2. The van der Waals surface area contributed by atoms with Crippen molar-refractivity contribution < 1.29 is 28.7 Å². The molecule has 0 atom stereocenters. The number of amides is 1. The fourth-order valence-electron chi connectivity index (χ4n) is 2.38. The van der Waals surface area contributed by atoms with E-state index in [0.717, 1.165) is 0 Å². The van der Waals surface area contributed by atoms with Gasteiger partial charge in [-0.25, -0.2) is 4.79 Å². The Kier molecular flexibility index (Phi) is 8.29. The van der Waals surface area contributed by atoms with Crippen LogP contribution in [0, 0.1) is 5.92 Å². The van der Waals surface area contributed by atoms with Crippen molar-refractivity contribution in [3.05, 3.63) is 59.7 Å². The van der Waals surface area contributed by atoms with Gasteiger partial charge in [-0.2, -0.15) is 0 Å². The van der Waals surface area contributed by atoms with Gasteiger partial charge in [-0.3, -0.25) is 14.4 Å². The quantitative estimate of drug-likeness (QED) is 0.473. The molecule has 2 aromatic rings. The van der Waals surface area contributed by atoms with Gasteiger partial charge in [-0.05, 0) is 48.5 Å². The van der Waals surface area contributed by atoms with Crippen molar-refractivity contribution in [1.29, 1.82) is 0 Å². The maximum atomic E-state index is 12.2. The number of anilines is 1. The van der Waals surface area contributed by atoms with Gasteiger partial charge in [0.1, 0.15) is 5.75 Å². The second kappa shape index (κ2) is 10.9. The number of carbonyl (C=O) groups excluding carboxylic acids is 4. The van der Waals surface area contributed by atoms with E-state index >= 15 is 0 Å². The van der Waals surface area contributed by atoms with Gasteiger partial charge >= 0.3 is 5.97 Å². The minimum atomic E-state index is -0.683. The lowest BCUT2D eigenvalue weighted by atomic mass is 10.1. The Morgan fingerprint density at radius 1 is 0.833 bits per heavy atom. The van der Waals surface area contributed by atoms with Gasteiger partial charge in [0, 0.05) is 29.2 Å². The lowest BCUT2D eigenvalue weighted by Crippen LogP contribution is -2.20. The lowest BCUT2D eigenvalue weighted by molar-refractivity contribution is -0.144.